The van der Waals surface area contributed by atoms with Gasteiger partial charge >= 0.3 is 12.0 Å². The van der Waals surface area contributed by atoms with Crippen molar-refractivity contribution in [2.75, 3.05) is 19.5 Å². The van der Waals surface area contributed by atoms with Crippen molar-refractivity contribution in [3.63, 3.8) is 0 Å². The largest absolute Gasteiger partial charge is 0.493 e. The number of nitrogens with one attached hydrogen (secondary N) is 2. The summed E-state index contributed by atoms with van der Waals surface area (Å²) in [5.74, 6) is 1.58. The van der Waals surface area contributed by atoms with Gasteiger partial charge in [0.15, 0.2) is 11.5 Å². The van der Waals surface area contributed by atoms with Crippen molar-refractivity contribution < 1.29 is 18.7 Å². The molecule has 0 aliphatic carbocycles. The maximum Gasteiger partial charge on any atom is 0.324 e. The van der Waals surface area contributed by atoms with E-state index in [9.17, 15) is 4.79 Å². The molecule has 0 saturated heterocycles. The Morgan fingerprint density at radius 3 is 2.76 bits per heavy atom. The van der Waals surface area contributed by atoms with E-state index in [4.69, 9.17) is 13.9 Å². The van der Waals surface area contributed by atoms with Crippen molar-refractivity contribution in [1.29, 1.82) is 0 Å². The average molecular weight is 360 g/mol. The van der Waals surface area contributed by atoms with Gasteiger partial charge in [-0.15, -0.1) is 5.10 Å². The van der Waals surface area contributed by atoms with E-state index in [0.29, 0.717) is 23.9 Å². The number of thiophene rings is 1. The minimum Gasteiger partial charge on any atom is -0.493 e. The summed E-state index contributed by atoms with van der Waals surface area (Å²) in [5, 5.41) is 16.7. The second-order valence-corrected chi connectivity index (χ2v) is 5.70. The summed E-state index contributed by atoms with van der Waals surface area (Å²) >= 11 is 1.52. The fourth-order valence-corrected chi connectivity index (χ4v) is 2.72. The Hall–Kier alpha value is -3.07. The highest BCUT2D eigenvalue weighted by molar-refractivity contribution is 7.08. The smallest absolute Gasteiger partial charge is 0.324 e. The van der Waals surface area contributed by atoms with Crippen molar-refractivity contribution in [3.05, 3.63) is 40.6 Å². The number of urea groups is 1. The van der Waals surface area contributed by atoms with Crippen molar-refractivity contribution in [2.45, 2.75) is 6.54 Å². The van der Waals surface area contributed by atoms with E-state index >= 15 is 0 Å². The van der Waals surface area contributed by atoms with Gasteiger partial charge < -0.3 is 19.2 Å². The molecule has 25 heavy (non-hydrogen) atoms. The number of hydrogen-bond donors (Lipinski definition) is 2. The quantitative estimate of drug-likeness (QED) is 0.701. The van der Waals surface area contributed by atoms with Crippen LogP contribution < -0.4 is 20.1 Å². The highest BCUT2D eigenvalue weighted by Crippen LogP contribution is 2.27. The molecule has 0 unspecified atom stereocenters. The monoisotopic (exact) mass is 360 g/mol. The molecule has 2 amide bonds. The van der Waals surface area contributed by atoms with Gasteiger partial charge in [-0.2, -0.15) is 11.3 Å². The number of benzene rings is 1. The predicted molar refractivity (Wildman–Crippen MR) is 93.0 cm³/mol. The molecule has 2 N–H and O–H groups in total. The third-order valence-corrected chi connectivity index (χ3v) is 4.00. The summed E-state index contributed by atoms with van der Waals surface area (Å²) < 4.78 is 15.8. The van der Waals surface area contributed by atoms with Gasteiger partial charge in [0, 0.05) is 17.5 Å². The van der Waals surface area contributed by atoms with Gasteiger partial charge in [0.2, 0.25) is 0 Å². The first-order chi connectivity index (χ1) is 12.2. The first-order valence-corrected chi connectivity index (χ1v) is 8.25. The van der Waals surface area contributed by atoms with Crippen LogP contribution in [0, 0.1) is 0 Å². The van der Waals surface area contributed by atoms with E-state index in [2.05, 4.69) is 20.8 Å². The van der Waals surface area contributed by atoms with Gasteiger partial charge in [0.05, 0.1) is 14.2 Å². The topological polar surface area (TPSA) is 98.5 Å². The summed E-state index contributed by atoms with van der Waals surface area (Å²) in [7, 11) is 3.13. The van der Waals surface area contributed by atoms with Crippen LogP contribution in [0.2, 0.25) is 0 Å². The summed E-state index contributed by atoms with van der Waals surface area (Å²) in [6.07, 6.45) is 0. The molecule has 8 nitrogen and oxygen atoms in total. The number of anilines is 1. The third-order valence-electron chi connectivity index (χ3n) is 3.31. The number of hydrogen-bond acceptors (Lipinski definition) is 7. The molecule has 0 radical (unpaired) electrons. The van der Waals surface area contributed by atoms with Crippen LogP contribution in [-0.4, -0.2) is 30.4 Å². The summed E-state index contributed by atoms with van der Waals surface area (Å²) in [4.78, 5) is 12.0. The van der Waals surface area contributed by atoms with Crippen LogP contribution in [0.5, 0.6) is 11.5 Å². The number of aromatic nitrogens is 2. The van der Waals surface area contributed by atoms with E-state index in [1.165, 1.54) is 11.3 Å². The van der Waals surface area contributed by atoms with E-state index < -0.39 is 6.03 Å². The highest BCUT2D eigenvalue weighted by Gasteiger charge is 2.12. The van der Waals surface area contributed by atoms with E-state index in [1.807, 2.05) is 22.9 Å². The lowest BCUT2D eigenvalue weighted by molar-refractivity contribution is 0.251. The molecule has 0 aliphatic rings. The molecule has 9 heteroatoms. The highest BCUT2D eigenvalue weighted by atomic mass is 32.1. The zero-order valence-electron chi connectivity index (χ0n) is 13.6. The molecule has 2 aromatic heterocycles. The van der Waals surface area contributed by atoms with E-state index in [1.54, 1.807) is 26.4 Å². The van der Waals surface area contributed by atoms with Gasteiger partial charge in [0.1, 0.15) is 0 Å². The fourth-order valence-electron chi connectivity index (χ4n) is 2.09. The van der Waals surface area contributed by atoms with Crippen molar-refractivity contribution in [1.82, 2.24) is 15.5 Å². The Bertz CT molecular complexity index is 848. The van der Waals surface area contributed by atoms with Crippen molar-refractivity contribution in [3.8, 4) is 23.0 Å². The molecule has 0 fully saturated rings. The first kappa shape index (κ1) is 16.8. The molecule has 2 heterocycles. The molecule has 3 rings (SSSR count). The summed E-state index contributed by atoms with van der Waals surface area (Å²) in [5.41, 5.74) is 1.67. The van der Waals surface area contributed by atoms with Crippen LogP contribution in [0.1, 0.15) is 5.56 Å². The van der Waals surface area contributed by atoms with Gasteiger partial charge in [-0.1, -0.05) is 11.2 Å². The third kappa shape index (κ3) is 4.07. The molecular weight excluding hydrogens is 344 g/mol. The number of carbonyl (C=O) groups is 1. The van der Waals surface area contributed by atoms with Crippen LogP contribution >= 0.6 is 11.3 Å². The Kier molecular flexibility index (Phi) is 5.14. The van der Waals surface area contributed by atoms with Crippen LogP contribution in [0.25, 0.3) is 11.5 Å². The maximum atomic E-state index is 12.0. The Labute approximate surface area is 147 Å². The number of ether oxygens (including phenoxy) is 2. The van der Waals surface area contributed by atoms with Crippen LogP contribution in [0.3, 0.4) is 0 Å². The predicted octanol–water partition coefficient (Wildman–Crippen LogP) is 3.14. The second-order valence-electron chi connectivity index (χ2n) is 4.92. The lowest BCUT2D eigenvalue weighted by Gasteiger charge is -2.10. The SMILES string of the molecule is COc1ccc(CNC(=O)Nc2nnc(-c3ccsc3)o2)cc1OC. The Morgan fingerprint density at radius 2 is 2.04 bits per heavy atom. The lowest BCUT2D eigenvalue weighted by Crippen LogP contribution is -2.28. The second kappa shape index (κ2) is 7.67. The molecule has 0 spiro atoms. The molecule has 0 bridgehead atoms. The first-order valence-electron chi connectivity index (χ1n) is 7.31. The fraction of sp³-hybridized carbons (Fsp3) is 0.188. The van der Waals surface area contributed by atoms with Crippen molar-refractivity contribution in [2.24, 2.45) is 0 Å². The molecule has 0 atom stereocenters. The number of methoxy groups -OCH3 is 2. The number of rotatable bonds is 6. The number of carbonyl (C=O) groups excluding carboxylic acids is 1. The minimum atomic E-state index is -0.449. The Balaban J connectivity index is 1.56. The Morgan fingerprint density at radius 1 is 1.20 bits per heavy atom. The normalized spacial score (nSPS) is 10.3. The summed E-state index contributed by atoms with van der Waals surface area (Å²) in [6, 6.07) is 6.85. The van der Waals surface area contributed by atoms with E-state index in [-0.39, 0.29) is 6.01 Å². The van der Waals surface area contributed by atoms with E-state index in [0.717, 1.165) is 11.1 Å². The zero-order chi connectivity index (χ0) is 17.6. The zero-order valence-corrected chi connectivity index (χ0v) is 14.4. The lowest BCUT2D eigenvalue weighted by atomic mass is 10.2. The molecule has 1 aromatic carbocycles. The van der Waals surface area contributed by atoms with Gasteiger partial charge in [-0.25, -0.2) is 4.79 Å². The minimum absolute atomic E-state index is 0.0333. The standard InChI is InChI=1S/C16H16N4O4S/c1-22-12-4-3-10(7-13(12)23-2)8-17-15(21)18-16-20-19-14(24-16)11-5-6-25-9-11/h3-7,9H,8H2,1-2H3,(H2,17,18,20,21). The number of nitrogens with zero attached hydrogens (tertiary/aromatic N) is 2. The molecular formula is C16H16N4O4S. The van der Waals surface area contributed by atoms with Gasteiger partial charge in [-0.3, -0.25) is 5.32 Å². The van der Waals surface area contributed by atoms with Gasteiger partial charge in [0.25, 0.3) is 5.89 Å². The van der Waals surface area contributed by atoms with Crippen LogP contribution in [0.4, 0.5) is 10.8 Å². The molecule has 0 aliphatic heterocycles. The number of amides is 2. The van der Waals surface area contributed by atoms with Crippen LogP contribution in [-0.2, 0) is 6.54 Å². The maximum absolute atomic E-state index is 12.0. The van der Waals surface area contributed by atoms with Crippen LogP contribution in [0.15, 0.2) is 39.4 Å². The molecule has 3 aromatic rings. The van der Waals surface area contributed by atoms with Gasteiger partial charge in [-0.05, 0) is 29.1 Å². The summed E-state index contributed by atoms with van der Waals surface area (Å²) in [6.45, 7) is 0.303. The van der Waals surface area contributed by atoms with Crippen molar-refractivity contribution >= 4 is 23.4 Å². The average Bonchev–Trinajstić information content (AvgIpc) is 3.31. The molecule has 130 valence electrons. The molecule has 0 saturated carbocycles.